The van der Waals surface area contributed by atoms with Crippen molar-refractivity contribution in [3.8, 4) is 11.5 Å². The number of piperidine rings is 1. The normalized spacial score (nSPS) is 20.7. The van der Waals surface area contributed by atoms with Gasteiger partial charge in [-0.15, -0.1) is 0 Å². The number of aromatic nitrogens is 2. The molecule has 2 N–H and O–H groups in total. The molecule has 0 spiro atoms. The van der Waals surface area contributed by atoms with Gasteiger partial charge in [-0.05, 0) is 59.7 Å². The summed E-state index contributed by atoms with van der Waals surface area (Å²) in [5.41, 5.74) is 0.741. The van der Waals surface area contributed by atoms with E-state index in [0.29, 0.717) is 24.9 Å². The van der Waals surface area contributed by atoms with Gasteiger partial charge in [-0.3, -0.25) is 4.90 Å². The molecule has 4 rings (SSSR count). The first-order valence-corrected chi connectivity index (χ1v) is 10.8. The predicted octanol–water partition coefficient (Wildman–Crippen LogP) is 4.58. The van der Waals surface area contributed by atoms with Crippen molar-refractivity contribution in [1.82, 2.24) is 14.9 Å². The summed E-state index contributed by atoms with van der Waals surface area (Å²) in [5, 5.41) is 6.47. The van der Waals surface area contributed by atoms with Crippen LogP contribution in [0.2, 0.25) is 0 Å². The van der Waals surface area contributed by atoms with Gasteiger partial charge in [0.25, 0.3) is 0 Å². The van der Waals surface area contributed by atoms with E-state index in [0.717, 1.165) is 30.7 Å². The fraction of sp³-hybridized carbons (Fsp3) is 0.565. The van der Waals surface area contributed by atoms with Gasteiger partial charge < -0.3 is 20.1 Å². The summed E-state index contributed by atoms with van der Waals surface area (Å²) >= 11 is 0. The topological polar surface area (TPSA) is 71.5 Å². The summed E-state index contributed by atoms with van der Waals surface area (Å²) in [7, 11) is 2.15. The monoisotopic (exact) mass is 429 g/mol. The maximum Gasteiger partial charge on any atom is 0.229 e. The number of nitrogens with zero attached hydrogens (tertiary/aromatic N) is 3. The van der Waals surface area contributed by atoms with E-state index >= 15 is 0 Å². The lowest BCUT2D eigenvalue weighted by atomic mass is 9.77. The van der Waals surface area contributed by atoms with Crippen molar-refractivity contribution < 1.29 is 13.9 Å². The predicted molar refractivity (Wildman–Crippen MR) is 120 cm³/mol. The standard InChI is InChI=1S/C23H32FN5O2/c1-22(2)12-16(13-23(3,4)29(22)5)26-20-17(24)14-25-21(28-20)27-15-7-8-18-19(11-15)31-10-6-9-30-18/h7-8,11,14,16H,6,9-10,12-13H2,1-5H3,(H2,25,26,27,28). The molecule has 0 saturated carbocycles. The maximum atomic E-state index is 14.5. The number of likely N-dealkylation sites (tertiary alicyclic amines) is 1. The second-order valence-electron chi connectivity index (χ2n) is 9.66. The van der Waals surface area contributed by atoms with E-state index in [1.54, 1.807) is 0 Å². The number of ether oxygens (including phenoxy) is 2. The van der Waals surface area contributed by atoms with Crippen LogP contribution < -0.4 is 20.1 Å². The molecule has 2 aromatic rings. The lowest BCUT2D eigenvalue weighted by Crippen LogP contribution is -2.61. The molecule has 0 radical (unpaired) electrons. The molecule has 1 aromatic heterocycles. The van der Waals surface area contributed by atoms with E-state index in [4.69, 9.17) is 9.47 Å². The molecule has 2 aliphatic heterocycles. The minimum Gasteiger partial charge on any atom is -0.490 e. The number of fused-ring (bicyclic) bond motifs is 1. The van der Waals surface area contributed by atoms with Crippen LogP contribution in [0.5, 0.6) is 11.5 Å². The Balaban J connectivity index is 1.51. The maximum absolute atomic E-state index is 14.5. The molecule has 0 aliphatic carbocycles. The summed E-state index contributed by atoms with van der Waals surface area (Å²) in [5.74, 6) is 1.48. The Morgan fingerprint density at radius 1 is 1.06 bits per heavy atom. The Morgan fingerprint density at radius 2 is 1.74 bits per heavy atom. The zero-order chi connectivity index (χ0) is 22.2. The third-order valence-corrected chi connectivity index (χ3v) is 6.40. The molecule has 8 heteroatoms. The molecule has 0 bridgehead atoms. The molecular formula is C23H32FN5O2. The molecule has 1 aromatic carbocycles. The molecule has 1 fully saturated rings. The highest BCUT2D eigenvalue weighted by Crippen LogP contribution is 2.38. The number of hydrogen-bond acceptors (Lipinski definition) is 7. The van der Waals surface area contributed by atoms with E-state index in [2.05, 4.69) is 60.2 Å². The van der Waals surface area contributed by atoms with Gasteiger partial charge in [0.2, 0.25) is 5.95 Å². The molecule has 3 heterocycles. The van der Waals surface area contributed by atoms with Crippen LogP contribution in [0.15, 0.2) is 24.4 Å². The molecule has 31 heavy (non-hydrogen) atoms. The average molecular weight is 430 g/mol. The first kappa shape index (κ1) is 21.6. The summed E-state index contributed by atoms with van der Waals surface area (Å²) < 4.78 is 25.9. The van der Waals surface area contributed by atoms with Crippen LogP contribution in [0.25, 0.3) is 0 Å². The highest BCUT2D eigenvalue weighted by Gasteiger charge is 2.43. The van der Waals surface area contributed by atoms with Gasteiger partial charge in [-0.2, -0.15) is 4.98 Å². The summed E-state index contributed by atoms with van der Waals surface area (Å²) in [6, 6.07) is 5.68. The quantitative estimate of drug-likeness (QED) is 0.737. The zero-order valence-corrected chi connectivity index (χ0v) is 19.0. The van der Waals surface area contributed by atoms with Crippen molar-refractivity contribution in [1.29, 1.82) is 0 Å². The van der Waals surface area contributed by atoms with Crippen molar-refractivity contribution in [2.24, 2.45) is 0 Å². The van der Waals surface area contributed by atoms with Crippen molar-refractivity contribution >= 4 is 17.5 Å². The lowest BCUT2D eigenvalue weighted by molar-refractivity contribution is -0.00778. The number of anilines is 3. The fourth-order valence-electron chi connectivity index (χ4n) is 4.57. The Labute approximate surface area is 183 Å². The number of hydrogen-bond donors (Lipinski definition) is 2. The van der Waals surface area contributed by atoms with Crippen LogP contribution in [0, 0.1) is 5.82 Å². The number of rotatable bonds is 4. The minimum atomic E-state index is -0.459. The third kappa shape index (κ3) is 4.69. The van der Waals surface area contributed by atoms with Gasteiger partial charge >= 0.3 is 0 Å². The number of nitrogens with one attached hydrogen (secondary N) is 2. The van der Waals surface area contributed by atoms with E-state index in [9.17, 15) is 4.39 Å². The highest BCUT2D eigenvalue weighted by atomic mass is 19.1. The Morgan fingerprint density at radius 3 is 2.45 bits per heavy atom. The molecule has 1 saturated heterocycles. The minimum absolute atomic E-state index is 0.00603. The summed E-state index contributed by atoms with van der Waals surface area (Å²) in [4.78, 5) is 10.9. The summed E-state index contributed by atoms with van der Waals surface area (Å²) in [6.45, 7) is 10.1. The second kappa shape index (κ2) is 8.15. The van der Waals surface area contributed by atoms with E-state index < -0.39 is 5.82 Å². The van der Waals surface area contributed by atoms with Crippen LogP contribution >= 0.6 is 0 Å². The van der Waals surface area contributed by atoms with Gasteiger partial charge in [-0.1, -0.05) is 0 Å². The van der Waals surface area contributed by atoms with E-state index in [1.165, 1.54) is 6.20 Å². The lowest BCUT2D eigenvalue weighted by Gasteiger charge is -2.53. The van der Waals surface area contributed by atoms with Gasteiger partial charge in [0.05, 0.1) is 19.4 Å². The van der Waals surface area contributed by atoms with Crippen molar-refractivity contribution in [3.63, 3.8) is 0 Å². The Hall–Kier alpha value is -2.61. The van der Waals surface area contributed by atoms with E-state index in [1.807, 2.05) is 18.2 Å². The summed E-state index contributed by atoms with van der Waals surface area (Å²) in [6.07, 6.45) is 3.83. The molecule has 0 atom stereocenters. The molecule has 2 aliphatic rings. The van der Waals surface area contributed by atoms with Gasteiger partial charge in [-0.25, -0.2) is 9.37 Å². The molecule has 0 unspecified atom stereocenters. The van der Waals surface area contributed by atoms with Crippen LogP contribution in [-0.2, 0) is 0 Å². The van der Waals surface area contributed by atoms with Gasteiger partial charge in [0.15, 0.2) is 23.1 Å². The largest absolute Gasteiger partial charge is 0.490 e. The van der Waals surface area contributed by atoms with E-state index in [-0.39, 0.29) is 22.9 Å². The molecule has 7 nitrogen and oxygen atoms in total. The second-order valence-corrected chi connectivity index (χ2v) is 9.66. The first-order chi connectivity index (χ1) is 14.6. The Kier molecular flexibility index (Phi) is 5.68. The third-order valence-electron chi connectivity index (χ3n) is 6.40. The SMILES string of the molecule is CN1C(C)(C)CC(Nc2nc(Nc3ccc4c(c3)OCCCO4)ncc2F)CC1(C)C. The number of benzene rings is 1. The van der Waals surface area contributed by atoms with Crippen molar-refractivity contribution in [2.45, 2.75) is 64.1 Å². The average Bonchev–Trinajstić information content (AvgIpc) is 2.93. The smallest absolute Gasteiger partial charge is 0.229 e. The van der Waals surface area contributed by atoms with Crippen LogP contribution in [0.4, 0.5) is 21.8 Å². The highest BCUT2D eigenvalue weighted by molar-refractivity contribution is 5.60. The first-order valence-electron chi connectivity index (χ1n) is 10.8. The number of halogens is 1. The fourth-order valence-corrected chi connectivity index (χ4v) is 4.57. The zero-order valence-electron chi connectivity index (χ0n) is 19.0. The van der Waals surface area contributed by atoms with Crippen LogP contribution in [0.3, 0.4) is 0 Å². The van der Waals surface area contributed by atoms with Crippen molar-refractivity contribution in [3.05, 3.63) is 30.2 Å². The van der Waals surface area contributed by atoms with Gasteiger partial charge in [0.1, 0.15) is 0 Å². The van der Waals surface area contributed by atoms with Crippen LogP contribution in [0.1, 0.15) is 47.0 Å². The molecular weight excluding hydrogens is 397 g/mol. The van der Waals surface area contributed by atoms with Crippen LogP contribution in [-0.4, -0.2) is 52.2 Å². The Bertz CT molecular complexity index is 932. The van der Waals surface area contributed by atoms with Gasteiger partial charge in [0, 0.05) is 35.3 Å². The van der Waals surface area contributed by atoms with Crippen molar-refractivity contribution in [2.75, 3.05) is 30.9 Å². The molecule has 168 valence electrons. The molecule has 0 amide bonds.